The second-order valence-corrected chi connectivity index (χ2v) is 17.4. The first-order valence-electron chi connectivity index (χ1n) is 18.1. The molecule has 13 rings (SSSR count). The van der Waals surface area contributed by atoms with Crippen molar-refractivity contribution in [2.24, 2.45) is 0 Å². The molecule has 0 saturated carbocycles. The summed E-state index contributed by atoms with van der Waals surface area (Å²) >= 11 is 0. The lowest BCUT2D eigenvalue weighted by molar-refractivity contribution is 1.15. The molecular formula is C48H29BN2S. The van der Waals surface area contributed by atoms with Crippen LogP contribution in [0.3, 0.4) is 0 Å². The summed E-state index contributed by atoms with van der Waals surface area (Å²) in [6.45, 7) is 0.00813. The summed E-state index contributed by atoms with van der Waals surface area (Å²) in [5, 5.41) is 2.62. The Morgan fingerprint density at radius 1 is 0.423 bits per heavy atom. The lowest BCUT2D eigenvalue weighted by Crippen LogP contribution is -2.61. The number of para-hydroxylation sites is 4. The maximum absolute atomic E-state index is 2.74. The second kappa shape index (κ2) is 9.55. The number of rotatable bonds is 1. The van der Waals surface area contributed by atoms with Crippen molar-refractivity contribution in [1.82, 2.24) is 4.57 Å². The van der Waals surface area contributed by atoms with Gasteiger partial charge in [-0.2, -0.15) is 0 Å². The third-order valence-electron chi connectivity index (χ3n) is 12.1. The number of benzene rings is 8. The Labute approximate surface area is 303 Å². The molecular weight excluding hydrogens is 647 g/mol. The van der Waals surface area contributed by atoms with E-state index < -0.39 is 10.0 Å². The average molecular weight is 677 g/mol. The highest BCUT2D eigenvalue weighted by Crippen LogP contribution is 2.84. The fourth-order valence-corrected chi connectivity index (χ4v) is 14.8. The first-order valence-corrected chi connectivity index (χ1v) is 19.8. The zero-order valence-electron chi connectivity index (χ0n) is 28.1. The summed E-state index contributed by atoms with van der Waals surface area (Å²) in [7, 11) is -1.80. The zero-order valence-corrected chi connectivity index (χ0v) is 28.9. The van der Waals surface area contributed by atoms with Crippen molar-refractivity contribution in [3.8, 4) is 39.1 Å². The first-order chi connectivity index (χ1) is 25.8. The SMILES string of the molecule is c1ccc(-c2cc3c4c(c2)-n2c5ccccc5c5cccc(c52)B4N2c4ccccc4S4(c5ccccc5-c5ccccc54)c4cccc-3c42)cc1. The minimum Gasteiger partial charge on any atom is -0.375 e. The summed E-state index contributed by atoms with van der Waals surface area (Å²) in [6.07, 6.45) is 0. The van der Waals surface area contributed by atoms with Gasteiger partial charge in [-0.3, -0.25) is 0 Å². The molecule has 5 heterocycles. The minimum absolute atomic E-state index is 0.00813. The standard InChI is InChI=1S/C48H29BN2S/c1-2-14-30(15-3-1)31-28-37-36-20-13-27-45-48(36)51(49-38-21-12-19-35-32-16-4-7-22-39(32)50(47(35)38)41(29-31)46(37)49)40-23-8-11-26-44(40)52(45)42-24-9-5-17-33(42)34-18-6-10-25-43(34)52/h1-29H. The van der Waals surface area contributed by atoms with Crippen molar-refractivity contribution in [2.75, 3.05) is 4.81 Å². The van der Waals surface area contributed by atoms with E-state index in [4.69, 9.17) is 0 Å². The van der Waals surface area contributed by atoms with Crippen LogP contribution in [-0.4, -0.2) is 11.4 Å². The highest BCUT2D eigenvalue weighted by molar-refractivity contribution is 8.34. The predicted molar refractivity (Wildman–Crippen MR) is 218 cm³/mol. The van der Waals surface area contributed by atoms with E-state index in [1.54, 1.807) is 0 Å². The Kier molecular flexibility index (Phi) is 5.05. The normalized spacial score (nSPS) is 15.2. The summed E-state index contributed by atoms with van der Waals surface area (Å²) in [5.74, 6) is 0. The topological polar surface area (TPSA) is 8.17 Å². The maximum Gasteiger partial charge on any atom is 0.333 e. The number of hydrogen-bond donors (Lipinski definition) is 0. The van der Waals surface area contributed by atoms with Gasteiger partial charge in [-0.05, 0) is 87.3 Å². The van der Waals surface area contributed by atoms with Crippen LogP contribution < -0.4 is 15.7 Å². The third kappa shape index (κ3) is 3.06. The largest absolute Gasteiger partial charge is 0.375 e. The van der Waals surface area contributed by atoms with E-state index >= 15 is 0 Å². The van der Waals surface area contributed by atoms with Crippen molar-refractivity contribution in [3.05, 3.63) is 176 Å². The van der Waals surface area contributed by atoms with Gasteiger partial charge < -0.3 is 9.38 Å². The molecule has 1 aromatic heterocycles. The molecule has 0 fully saturated rings. The number of nitrogens with zero attached hydrogens (tertiary/aromatic N) is 2. The van der Waals surface area contributed by atoms with Crippen molar-refractivity contribution < 1.29 is 0 Å². The van der Waals surface area contributed by atoms with Crippen LogP contribution in [0.5, 0.6) is 0 Å². The molecule has 0 amide bonds. The molecule has 0 saturated heterocycles. The molecule has 2 nitrogen and oxygen atoms in total. The molecule has 9 aromatic rings. The highest BCUT2D eigenvalue weighted by Gasteiger charge is 2.53. The Morgan fingerprint density at radius 2 is 1.06 bits per heavy atom. The molecule has 0 radical (unpaired) electrons. The lowest BCUT2D eigenvalue weighted by Gasteiger charge is -2.53. The molecule has 0 aliphatic carbocycles. The van der Waals surface area contributed by atoms with E-state index in [1.807, 2.05) is 0 Å². The van der Waals surface area contributed by atoms with Crippen molar-refractivity contribution >= 4 is 61.0 Å². The average Bonchev–Trinajstić information content (AvgIpc) is 3.71. The Balaban J connectivity index is 1.24. The number of anilines is 2. The van der Waals surface area contributed by atoms with Gasteiger partial charge >= 0.3 is 6.85 Å². The van der Waals surface area contributed by atoms with Gasteiger partial charge in [0.25, 0.3) is 0 Å². The molecule has 52 heavy (non-hydrogen) atoms. The van der Waals surface area contributed by atoms with Crippen LogP contribution in [0.15, 0.2) is 196 Å². The van der Waals surface area contributed by atoms with E-state index in [1.165, 1.54) is 103 Å². The van der Waals surface area contributed by atoms with E-state index in [0.29, 0.717) is 0 Å². The van der Waals surface area contributed by atoms with Crippen molar-refractivity contribution in [3.63, 3.8) is 0 Å². The van der Waals surface area contributed by atoms with Gasteiger partial charge in [0.2, 0.25) is 0 Å². The second-order valence-electron chi connectivity index (χ2n) is 14.4. The maximum atomic E-state index is 2.74. The number of fused-ring (bicyclic) bond motifs is 16. The van der Waals surface area contributed by atoms with Crippen LogP contribution in [-0.2, 0) is 0 Å². The summed E-state index contributed by atoms with van der Waals surface area (Å²) < 4.78 is 2.57. The number of aromatic nitrogens is 1. The Morgan fingerprint density at radius 3 is 1.88 bits per heavy atom. The predicted octanol–water partition coefficient (Wildman–Crippen LogP) is 11.3. The monoisotopic (exact) mass is 676 g/mol. The van der Waals surface area contributed by atoms with Crippen LogP contribution in [0, 0.1) is 0 Å². The van der Waals surface area contributed by atoms with Gasteiger partial charge in [-0.15, -0.1) is 10.0 Å². The fourth-order valence-electron chi connectivity index (χ4n) is 10.2. The molecule has 0 atom stereocenters. The van der Waals surface area contributed by atoms with Crippen LogP contribution in [0.1, 0.15) is 0 Å². The van der Waals surface area contributed by atoms with Crippen LogP contribution >= 0.6 is 10.0 Å². The van der Waals surface area contributed by atoms with Crippen LogP contribution in [0.25, 0.3) is 60.9 Å². The summed E-state index contributed by atoms with van der Waals surface area (Å²) in [5.41, 5.74) is 17.2. The third-order valence-corrected chi connectivity index (χ3v) is 16.1. The fraction of sp³-hybridized carbons (Fsp3) is 0. The molecule has 0 bridgehead atoms. The van der Waals surface area contributed by atoms with Crippen LogP contribution in [0.4, 0.5) is 11.4 Å². The van der Waals surface area contributed by atoms with Gasteiger partial charge in [0, 0.05) is 47.3 Å². The Bertz CT molecular complexity index is 3010. The molecule has 0 N–H and O–H groups in total. The van der Waals surface area contributed by atoms with E-state index in [9.17, 15) is 0 Å². The Hall–Kier alpha value is -6.23. The molecule has 1 spiro atoms. The first kappa shape index (κ1) is 27.5. The highest BCUT2D eigenvalue weighted by atomic mass is 32.3. The zero-order chi connectivity index (χ0) is 33.7. The van der Waals surface area contributed by atoms with E-state index in [2.05, 4.69) is 185 Å². The number of hydrogen-bond acceptors (Lipinski definition) is 1. The molecule has 240 valence electrons. The van der Waals surface area contributed by atoms with E-state index in [0.717, 1.165) is 0 Å². The van der Waals surface area contributed by atoms with Gasteiger partial charge in [-0.25, -0.2) is 0 Å². The quantitative estimate of drug-likeness (QED) is 0.157. The van der Waals surface area contributed by atoms with Crippen molar-refractivity contribution in [2.45, 2.75) is 19.6 Å². The van der Waals surface area contributed by atoms with Gasteiger partial charge in [-0.1, -0.05) is 127 Å². The smallest absolute Gasteiger partial charge is 0.333 e. The van der Waals surface area contributed by atoms with Crippen molar-refractivity contribution in [1.29, 1.82) is 0 Å². The molecule has 0 unspecified atom stereocenters. The summed E-state index contributed by atoms with van der Waals surface area (Å²) in [4.78, 5) is 8.52. The molecule has 4 heteroatoms. The molecule has 4 aliphatic heterocycles. The molecule has 4 aliphatic rings. The minimum atomic E-state index is -1.80. The van der Waals surface area contributed by atoms with Gasteiger partial charge in [0.15, 0.2) is 0 Å². The lowest BCUT2D eigenvalue weighted by atomic mass is 9.44. The summed E-state index contributed by atoms with van der Waals surface area (Å²) in [6, 6.07) is 66.8. The molecule has 8 aromatic carbocycles. The van der Waals surface area contributed by atoms with Crippen LogP contribution in [0.2, 0.25) is 0 Å². The van der Waals surface area contributed by atoms with E-state index in [-0.39, 0.29) is 6.85 Å². The van der Waals surface area contributed by atoms with Gasteiger partial charge in [0.05, 0.1) is 16.7 Å². The van der Waals surface area contributed by atoms with Gasteiger partial charge in [0.1, 0.15) is 0 Å².